The maximum absolute atomic E-state index is 12.3. The van der Waals surface area contributed by atoms with Crippen LogP contribution in [-0.2, 0) is 7.05 Å². The summed E-state index contributed by atoms with van der Waals surface area (Å²) >= 11 is 6.00. The summed E-state index contributed by atoms with van der Waals surface area (Å²) in [5, 5.41) is 17.1. The Labute approximate surface area is 117 Å². The molecule has 4 nitrogen and oxygen atoms in total. The van der Waals surface area contributed by atoms with Gasteiger partial charge in [0.2, 0.25) is 11.4 Å². The molecule has 0 amide bonds. The standard InChI is InChI=1S/C14H14ClN3O/c1-6-12-9(3)13(16-17(12)5)14-8(2)7-11(15)10(4)18(14)19/h1,7H,2-5H3. The van der Waals surface area contributed by atoms with Crippen LogP contribution in [0.25, 0.3) is 11.4 Å². The molecule has 0 saturated carbocycles. The number of hydrogen-bond acceptors (Lipinski definition) is 2. The number of hydrogen-bond donors (Lipinski definition) is 0. The molecule has 2 heterocycles. The fourth-order valence-corrected chi connectivity index (χ4v) is 2.37. The van der Waals surface area contributed by atoms with Gasteiger partial charge in [-0.25, -0.2) is 0 Å². The normalized spacial score (nSPS) is 10.5. The van der Waals surface area contributed by atoms with Gasteiger partial charge < -0.3 is 5.21 Å². The third-order valence-corrected chi connectivity index (χ3v) is 3.60. The van der Waals surface area contributed by atoms with E-state index >= 15 is 0 Å². The van der Waals surface area contributed by atoms with Gasteiger partial charge in [0.25, 0.3) is 0 Å². The SMILES string of the molecule is C#Cc1c(C)c(-c2c(C)cc(Cl)c(C)[n+]2[O-])nn1C. The highest BCUT2D eigenvalue weighted by molar-refractivity contribution is 6.31. The van der Waals surface area contributed by atoms with Gasteiger partial charge in [0, 0.05) is 25.1 Å². The van der Waals surface area contributed by atoms with Crippen molar-refractivity contribution >= 4 is 11.6 Å². The second-order valence-corrected chi connectivity index (χ2v) is 4.90. The van der Waals surface area contributed by atoms with Crippen molar-refractivity contribution in [2.24, 2.45) is 7.05 Å². The molecule has 2 aromatic heterocycles. The van der Waals surface area contributed by atoms with Crippen LogP contribution in [0.15, 0.2) is 6.07 Å². The molecule has 0 spiro atoms. The molecule has 0 N–H and O–H groups in total. The van der Waals surface area contributed by atoms with Gasteiger partial charge in [0.05, 0.1) is 0 Å². The number of nitrogens with zero attached hydrogens (tertiary/aromatic N) is 3. The first-order valence-electron chi connectivity index (χ1n) is 5.78. The predicted octanol–water partition coefficient (Wildman–Crippen LogP) is 2.28. The minimum Gasteiger partial charge on any atom is -0.618 e. The first-order chi connectivity index (χ1) is 8.88. The Balaban J connectivity index is 2.81. The zero-order valence-electron chi connectivity index (χ0n) is 11.3. The molecule has 0 atom stereocenters. The molecule has 0 bridgehead atoms. The molecular weight excluding hydrogens is 262 g/mol. The Bertz CT molecular complexity index is 711. The zero-order valence-corrected chi connectivity index (χ0v) is 12.0. The van der Waals surface area contributed by atoms with Gasteiger partial charge in [-0.15, -0.1) is 6.42 Å². The van der Waals surface area contributed by atoms with Gasteiger partial charge in [0.1, 0.15) is 10.7 Å². The third kappa shape index (κ3) is 1.96. The topological polar surface area (TPSA) is 44.8 Å². The summed E-state index contributed by atoms with van der Waals surface area (Å²) in [6, 6.07) is 1.77. The highest BCUT2D eigenvalue weighted by Crippen LogP contribution is 2.26. The molecule has 98 valence electrons. The van der Waals surface area contributed by atoms with E-state index in [-0.39, 0.29) is 0 Å². The monoisotopic (exact) mass is 275 g/mol. The van der Waals surface area contributed by atoms with Gasteiger partial charge in [0.15, 0.2) is 5.69 Å². The highest BCUT2D eigenvalue weighted by Gasteiger charge is 2.24. The van der Waals surface area contributed by atoms with E-state index in [4.69, 9.17) is 18.0 Å². The van der Waals surface area contributed by atoms with Crippen LogP contribution in [0, 0.1) is 38.3 Å². The van der Waals surface area contributed by atoms with E-state index in [1.807, 2.05) is 13.8 Å². The van der Waals surface area contributed by atoms with Crippen molar-refractivity contribution in [2.45, 2.75) is 20.8 Å². The van der Waals surface area contributed by atoms with Crippen LogP contribution in [0.2, 0.25) is 5.02 Å². The number of terminal acetylenes is 1. The van der Waals surface area contributed by atoms with Crippen molar-refractivity contribution in [1.29, 1.82) is 0 Å². The minimum absolute atomic E-state index is 0.446. The largest absolute Gasteiger partial charge is 0.618 e. The van der Waals surface area contributed by atoms with Crippen LogP contribution in [0.4, 0.5) is 0 Å². The Morgan fingerprint density at radius 2 is 2.05 bits per heavy atom. The Morgan fingerprint density at radius 1 is 1.42 bits per heavy atom. The molecule has 0 unspecified atom stereocenters. The van der Waals surface area contributed by atoms with Crippen LogP contribution in [0.3, 0.4) is 0 Å². The van der Waals surface area contributed by atoms with Gasteiger partial charge >= 0.3 is 0 Å². The van der Waals surface area contributed by atoms with Crippen molar-refractivity contribution in [1.82, 2.24) is 9.78 Å². The molecule has 0 saturated heterocycles. The van der Waals surface area contributed by atoms with Crippen LogP contribution in [0.1, 0.15) is 22.5 Å². The fourth-order valence-electron chi connectivity index (χ4n) is 2.13. The molecule has 0 radical (unpaired) electrons. The van der Waals surface area contributed by atoms with E-state index in [0.29, 0.717) is 27.8 Å². The minimum atomic E-state index is 0.446. The van der Waals surface area contributed by atoms with Crippen molar-refractivity contribution in [3.05, 3.63) is 38.8 Å². The molecular formula is C14H14ClN3O. The number of pyridine rings is 1. The first-order valence-corrected chi connectivity index (χ1v) is 6.16. The third-order valence-electron chi connectivity index (χ3n) is 3.22. The number of aromatic nitrogens is 3. The summed E-state index contributed by atoms with van der Waals surface area (Å²) in [6.45, 7) is 5.37. The smallest absolute Gasteiger partial charge is 0.247 e. The maximum Gasteiger partial charge on any atom is 0.247 e. The van der Waals surface area contributed by atoms with E-state index in [2.05, 4.69) is 11.0 Å². The molecule has 0 fully saturated rings. The average Bonchev–Trinajstić information content (AvgIpc) is 2.62. The number of rotatable bonds is 1. The molecule has 2 aromatic rings. The van der Waals surface area contributed by atoms with Crippen molar-refractivity contribution < 1.29 is 4.73 Å². The number of aryl methyl sites for hydroxylation is 2. The quantitative estimate of drug-likeness (QED) is 0.455. The van der Waals surface area contributed by atoms with Gasteiger partial charge in [-0.3, -0.25) is 4.68 Å². The Hall–Kier alpha value is -1.99. The summed E-state index contributed by atoms with van der Waals surface area (Å²) < 4.78 is 2.42. The summed E-state index contributed by atoms with van der Waals surface area (Å²) in [5.74, 6) is 2.58. The van der Waals surface area contributed by atoms with Crippen molar-refractivity contribution in [3.8, 4) is 23.7 Å². The predicted molar refractivity (Wildman–Crippen MR) is 74.8 cm³/mol. The molecule has 0 aliphatic carbocycles. The molecule has 5 heteroatoms. The lowest BCUT2D eigenvalue weighted by atomic mass is 10.1. The Kier molecular flexibility index (Phi) is 3.25. The number of halogens is 1. The van der Waals surface area contributed by atoms with Crippen LogP contribution in [-0.4, -0.2) is 9.78 Å². The summed E-state index contributed by atoms with van der Waals surface area (Å²) in [6.07, 6.45) is 5.46. The first kappa shape index (κ1) is 13.4. The second-order valence-electron chi connectivity index (χ2n) is 4.49. The van der Waals surface area contributed by atoms with Gasteiger partial charge in [-0.1, -0.05) is 17.5 Å². The van der Waals surface area contributed by atoms with Crippen LogP contribution < -0.4 is 4.73 Å². The fraction of sp³-hybridized carbons (Fsp3) is 0.286. The van der Waals surface area contributed by atoms with Gasteiger partial charge in [-0.2, -0.15) is 9.83 Å². The van der Waals surface area contributed by atoms with Gasteiger partial charge in [-0.05, 0) is 19.9 Å². The summed E-state index contributed by atoms with van der Waals surface area (Å²) in [4.78, 5) is 0. The highest BCUT2D eigenvalue weighted by atomic mass is 35.5. The van der Waals surface area contributed by atoms with E-state index in [1.165, 1.54) is 0 Å². The van der Waals surface area contributed by atoms with E-state index in [9.17, 15) is 5.21 Å². The summed E-state index contributed by atoms with van der Waals surface area (Å²) in [7, 11) is 1.76. The molecule has 0 aliphatic rings. The van der Waals surface area contributed by atoms with E-state index < -0.39 is 0 Å². The maximum atomic E-state index is 12.3. The Morgan fingerprint density at radius 3 is 2.58 bits per heavy atom. The summed E-state index contributed by atoms with van der Waals surface area (Å²) in [5.41, 5.74) is 3.81. The van der Waals surface area contributed by atoms with Crippen LogP contribution in [0.5, 0.6) is 0 Å². The molecule has 2 rings (SSSR count). The average molecular weight is 276 g/mol. The second kappa shape index (κ2) is 4.60. The van der Waals surface area contributed by atoms with Crippen LogP contribution >= 0.6 is 11.6 Å². The lowest BCUT2D eigenvalue weighted by Crippen LogP contribution is -2.34. The lowest BCUT2D eigenvalue weighted by molar-refractivity contribution is -0.601. The molecule has 19 heavy (non-hydrogen) atoms. The van der Waals surface area contributed by atoms with Crippen molar-refractivity contribution in [2.75, 3.05) is 0 Å². The zero-order chi connectivity index (χ0) is 14.3. The van der Waals surface area contributed by atoms with Crippen molar-refractivity contribution in [3.63, 3.8) is 0 Å². The van der Waals surface area contributed by atoms with E-state index in [0.717, 1.165) is 15.9 Å². The molecule has 0 aliphatic heterocycles. The lowest BCUT2D eigenvalue weighted by Gasteiger charge is -2.10. The van der Waals surface area contributed by atoms with E-state index in [1.54, 1.807) is 24.7 Å². The molecule has 0 aromatic carbocycles.